The van der Waals surface area contributed by atoms with Gasteiger partial charge in [0.15, 0.2) is 0 Å². The molecule has 0 aromatic heterocycles. The molecule has 2 aromatic carbocycles. The molecule has 1 atom stereocenters. The molecular weight excluding hydrogens is 364 g/mol. The summed E-state index contributed by atoms with van der Waals surface area (Å²) in [5.74, 6) is -1.81. The first kappa shape index (κ1) is 20.9. The van der Waals surface area contributed by atoms with Crippen molar-refractivity contribution in [2.45, 2.75) is 39.3 Å². The number of carbonyl (C=O) groups is 2. The van der Waals surface area contributed by atoms with E-state index in [4.69, 9.17) is 9.84 Å². The lowest BCUT2D eigenvalue weighted by atomic mass is 10.0. The highest BCUT2D eigenvalue weighted by Gasteiger charge is 2.24. The molecule has 148 valence electrons. The van der Waals surface area contributed by atoms with Crippen LogP contribution >= 0.6 is 0 Å². The number of benzene rings is 2. The van der Waals surface area contributed by atoms with Gasteiger partial charge < -0.3 is 15.2 Å². The molecule has 8 nitrogen and oxygen atoms in total. The number of hydrogen-bond acceptors (Lipinski definition) is 6. The highest BCUT2D eigenvalue weighted by Crippen LogP contribution is 2.32. The molecule has 2 aromatic rings. The Labute approximate surface area is 162 Å². The zero-order valence-corrected chi connectivity index (χ0v) is 16.1. The van der Waals surface area contributed by atoms with E-state index in [1.165, 1.54) is 18.2 Å². The van der Waals surface area contributed by atoms with Crippen molar-refractivity contribution in [1.29, 1.82) is 0 Å². The second-order valence-electron chi connectivity index (χ2n) is 7.24. The van der Waals surface area contributed by atoms with Crippen LogP contribution < -0.4 is 5.32 Å². The van der Waals surface area contributed by atoms with Gasteiger partial charge in [-0.15, -0.1) is 0 Å². The average molecular weight is 386 g/mol. The summed E-state index contributed by atoms with van der Waals surface area (Å²) < 4.78 is 5.35. The number of carbonyl (C=O) groups excluding carboxylic acids is 1. The normalized spacial score (nSPS) is 12.1. The maximum absolute atomic E-state index is 12.2. The van der Waals surface area contributed by atoms with Crippen LogP contribution in [0.1, 0.15) is 38.1 Å². The summed E-state index contributed by atoms with van der Waals surface area (Å²) in [5, 5.41) is 23.5. The van der Waals surface area contributed by atoms with Gasteiger partial charge in [-0.25, -0.2) is 9.59 Å². The lowest BCUT2D eigenvalue weighted by Gasteiger charge is -2.24. The minimum Gasteiger partial charge on any atom is -0.477 e. The van der Waals surface area contributed by atoms with Crippen molar-refractivity contribution < 1.29 is 24.4 Å². The van der Waals surface area contributed by atoms with Crippen LogP contribution in [-0.4, -0.2) is 33.6 Å². The number of anilines is 1. The van der Waals surface area contributed by atoms with Crippen molar-refractivity contribution in [3.63, 3.8) is 0 Å². The van der Waals surface area contributed by atoms with Gasteiger partial charge in [0.25, 0.3) is 5.69 Å². The summed E-state index contributed by atoms with van der Waals surface area (Å²) in [5.41, 5.74) is 0.105. The molecule has 0 amide bonds. The third-order valence-corrected chi connectivity index (χ3v) is 3.80. The van der Waals surface area contributed by atoms with Gasteiger partial charge in [0, 0.05) is 17.3 Å². The summed E-state index contributed by atoms with van der Waals surface area (Å²) in [6.45, 7) is 6.97. The fourth-order valence-corrected chi connectivity index (χ4v) is 2.57. The van der Waals surface area contributed by atoms with Gasteiger partial charge in [-0.05, 0) is 45.4 Å². The van der Waals surface area contributed by atoms with E-state index in [1.54, 1.807) is 52.0 Å². The average Bonchev–Trinajstić information content (AvgIpc) is 2.60. The predicted molar refractivity (Wildman–Crippen MR) is 104 cm³/mol. The summed E-state index contributed by atoms with van der Waals surface area (Å²) in [7, 11) is 0. The summed E-state index contributed by atoms with van der Waals surface area (Å²) in [6, 6.07) is 10.2. The van der Waals surface area contributed by atoms with Crippen molar-refractivity contribution >= 4 is 23.3 Å². The van der Waals surface area contributed by atoms with Crippen molar-refractivity contribution in [2.24, 2.45) is 0 Å². The number of aromatic carboxylic acids is 1. The van der Waals surface area contributed by atoms with Gasteiger partial charge in [0.2, 0.25) is 0 Å². The van der Waals surface area contributed by atoms with Gasteiger partial charge in [0.1, 0.15) is 17.2 Å². The zero-order chi connectivity index (χ0) is 21.1. The Morgan fingerprint density at radius 1 is 1.18 bits per heavy atom. The monoisotopic (exact) mass is 386 g/mol. The van der Waals surface area contributed by atoms with E-state index in [0.717, 1.165) is 0 Å². The quantitative estimate of drug-likeness (QED) is 0.436. The smallest absolute Gasteiger partial charge is 0.342 e. The fourth-order valence-electron chi connectivity index (χ4n) is 2.57. The maximum atomic E-state index is 12.2. The van der Waals surface area contributed by atoms with Crippen LogP contribution in [0, 0.1) is 10.1 Å². The number of para-hydroxylation sites is 1. The molecule has 28 heavy (non-hydrogen) atoms. The van der Waals surface area contributed by atoms with Gasteiger partial charge >= 0.3 is 11.9 Å². The van der Waals surface area contributed by atoms with Gasteiger partial charge in [-0.2, -0.15) is 0 Å². The SMILES string of the molecule is CC(Nc1ccccc1-c1ccc(C(=O)O)c([N+](=O)[O-])c1)C(=O)OC(C)(C)C. The molecule has 0 aliphatic carbocycles. The summed E-state index contributed by atoms with van der Waals surface area (Å²) in [4.78, 5) is 34.0. The van der Waals surface area contributed by atoms with E-state index in [2.05, 4.69) is 5.32 Å². The van der Waals surface area contributed by atoms with E-state index in [0.29, 0.717) is 16.8 Å². The highest BCUT2D eigenvalue weighted by molar-refractivity contribution is 5.94. The summed E-state index contributed by atoms with van der Waals surface area (Å²) in [6.07, 6.45) is 0. The Kier molecular flexibility index (Phi) is 6.03. The van der Waals surface area contributed by atoms with Crippen molar-refractivity contribution in [3.8, 4) is 11.1 Å². The van der Waals surface area contributed by atoms with E-state index < -0.39 is 34.2 Å². The first-order chi connectivity index (χ1) is 13.0. The molecular formula is C20H22N2O6. The van der Waals surface area contributed by atoms with Gasteiger partial charge in [-0.1, -0.05) is 24.3 Å². The minimum absolute atomic E-state index is 0.388. The number of rotatable bonds is 6. The fraction of sp³-hybridized carbons (Fsp3) is 0.300. The van der Waals surface area contributed by atoms with Crippen LogP contribution in [0.15, 0.2) is 42.5 Å². The van der Waals surface area contributed by atoms with Crippen molar-refractivity contribution in [2.75, 3.05) is 5.32 Å². The molecule has 2 rings (SSSR count). The van der Waals surface area contributed by atoms with Crippen LogP contribution in [0.5, 0.6) is 0 Å². The number of esters is 1. The lowest BCUT2D eigenvalue weighted by molar-refractivity contribution is -0.385. The molecule has 0 fully saturated rings. The minimum atomic E-state index is -1.37. The Bertz CT molecular complexity index is 917. The number of nitrogens with zero attached hydrogens (tertiary/aromatic N) is 1. The number of nitrogens with one attached hydrogen (secondary N) is 1. The van der Waals surface area contributed by atoms with Gasteiger partial charge in [0.05, 0.1) is 4.92 Å². The molecule has 0 saturated carbocycles. The Hall–Kier alpha value is -3.42. The summed E-state index contributed by atoms with van der Waals surface area (Å²) >= 11 is 0. The largest absolute Gasteiger partial charge is 0.477 e. The third kappa shape index (κ3) is 5.06. The van der Waals surface area contributed by atoms with Crippen LogP contribution in [-0.2, 0) is 9.53 Å². The van der Waals surface area contributed by atoms with E-state index >= 15 is 0 Å². The van der Waals surface area contributed by atoms with Crippen molar-refractivity contribution in [1.82, 2.24) is 0 Å². The molecule has 0 spiro atoms. The molecule has 0 bridgehead atoms. The van der Waals surface area contributed by atoms with Crippen LogP contribution in [0.4, 0.5) is 11.4 Å². The number of carboxylic acid groups (broad SMARTS) is 1. The Morgan fingerprint density at radius 3 is 2.39 bits per heavy atom. The molecule has 0 aliphatic rings. The first-order valence-electron chi connectivity index (χ1n) is 8.60. The molecule has 8 heteroatoms. The van der Waals surface area contributed by atoms with Crippen molar-refractivity contribution in [3.05, 3.63) is 58.1 Å². The molecule has 0 heterocycles. The Morgan fingerprint density at radius 2 is 1.82 bits per heavy atom. The van der Waals surface area contributed by atoms with E-state index in [9.17, 15) is 19.7 Å². The maximum Gasteiger partial charge on any atom is 0.342 e. The molecule has 0 aliphatic heterocycles. The van der Waals surface area contributed by atoms with Gasteiger partial charge in [-0.3, -0.25) is 10.1 Å². The van der Waals surface area contributed by atoms with Crippen LogP contribution in [0.2, 0.25) is 0 Å². The molecule has 2 N–H and O–H groups in total. The first-order valence-corrected chi connectivity index (χ1v) is 8.60. The van der Waals surface area contributed by atoms with Crippen LogP contribution in [0.3, 0.4) is 0 Å². The molecule has 0 radical (unpaired) electrons. The van der Waals surface area contributed by atoms with Crippen LogP contribution in [0.25, 0.3) is 11.1 Å². The predicted octanol–water partition coefficient (Wildman–Crippen LogP) is 4.10. The Balaban J connectivity index is 2.39. The number of nitro groups is 1. The lowest BCUT2D eigenvalue weighted by Crippen LogP contribution is -2.34. The second-order valence-corrected chi connectivity index (χ2v) is 7.24. The topological polar surface area (TPSA) is 119 Å². The standard InChI is InChI=1S/C20H22N2O6/c1-12(19(25)28-20(2,3)4)21-16-8-6-5-7-14(16)13-9-10-15(18(23)24)17(11-13)22(26)27/h5-12,21H,1-4H3,(H,23,24). The highest BCUT2D eigenvalue weighted by atomic mass is 16.6. The zero-order valence-electron chi connectivity index (χ0n) is 16.1. The molecule has 1 unspecified atom stereocenters. The number of nitro benzene ring substituents is 1. The second kappa shape index (κ2) is 8.08. The van der Waals surface area contributed by atoms with E-state index in [1.807, 2.05) is 0 Å². The third-order valence-electron chi connectivity index (χ3n) is 3.80. The number of carboxylic acids is 1. The molecule has 0 saturated heterocycles. The number of ether oxygens (including phenoxy) is 1. The van der Waals surface area contributed by atoms with E-state index in [-0.39, 0.29) is 5.56 Å². The number of hydrogen-bond donors (Lipinski definition) is 2.